The van der Waals surface area contributed by atoms with Crippen molar-refractivity contribution in [2.24, 2.45) is 0 Å². The van der Waals surface area contributed by atoms with E-state index in [0.29, 0.717) is 11.4 Å². The number of anilines is 1. The maximum absolute atomic E-state index is 11.0. The molecule has 18 heavy (non-hydrogen) atoms. The predicted octanol–water partition coefficient (Wildman–Crippen LogP) is 2.96. The predicted molar refractivity (Wildman–Crippen MR) is 72.6 cm³/mol. The maximum atomic E-state index is 11.0. The SMILES string of the molecule is CC(=O)CSc1cccn1-c1ccccc1NO. The fraction of sp³-hybridized carbons (Fsp3) is 0.154. The van der Waals surface area contributed by atoms with Crippen LogP contribution in [-0.2, 0) is 4.79 Å². The van der Waals surface area contributed by atoms with E-state index in [1.807, 2.05) is 41.1 Å². The van der Waals surface area contributed by atoms with Gasteiger partial charge in [-0.2, -0.15) is 0 Å². The third kappa shape index (κ3) is 2.75. The van der Waals surface area contributed by atoms with Crippen molar-refractivity contribution in [2.75, 3.05) is 11.2 Å². The second kappa shape index (κ2) is 5.75. The first-order valence-corrected chi connectivity index (χ1v) is 6.50. The van der Waals surface area contributed by atoms with E-state index in [2.05, 4.69) is 5.48 Å². The molecular weight excluding hydrogens is 248 g/mol. The zero-order chi connectivity index (χ0) is 13.0. The number of hydrogen-bond acceptors (Lipinski definition) is 4. The first kappa shape index (κ1) is 12.7. The van der Waals surface area contributed by atoms with Crippen molar-refractivity contribution in [3.63, 3.8) is 0 Å². The molecule has 1 aromatic heterocycles. The summed E-state index contributed by atoms with van der Waals surface area (Å²) in [6.07, 6.45) is 1.90. The van der Waals surface area contributed by atoms with Gasteiger partial charge in [-0.05, 0) is 31.2 Å². The van der Waals surface area contributed by atoms with Gasteiger partial charge in [-0.15, -0.1) is 11.8 Å². The number of para-hydroxylation sites is 2. The van der Waals surface area contributed by atoms with Crippen LogP contribution in [0.4, 0.5) is 5.69 Å². The molecule has 0 amide bonds. The molecule has 0 unspecified atom stereocenters. The van der Waals surface area contributed by atoms with Crippen molar-refractivity contribution in [1.29, 1.82) is 0 Å². The summed E-state index contributed by atoms with van der Waals surface area (Å²) in [6.45, 7) is 1.57. The van der Waals surface area contributed by atoms with E-state index < -0.39 is 0 Å². The minimum Gasteiger partial charge on any atom is -0.309 e. The van der Waals surface area contributed by atoms with Gasteiger partial charge >= 0.3 is 0 Å². The van der Waals surface area contributed by atoms with Crippen LogP contribution in [0.25, 0.3) is 5.69 Å². The van der Waals surface area contributed by atoms with E-state index in [1.54, 1.807) is 13.0 Å². The molecule has 2 rings (SSSR count). The lowest BCUT2D eigenvalue weighted by atomic mass is 10.2. The smallest absolute Gasteiger partial charge is 0.140 e. The van der Waals surface area contributed by atoms with Crippen LogP contribution in [0.2, 0.25) is 0 Å². The monoisotopic (exact) mass is 262 g/mol. The quantitative estimate of drug-likeness (QED) is 0.642. The van der Waals surface area contributed by atoms with Gasteiger partial charge in [0.15, 0.2) is 0 Å². The average molecular weight is 262 g/mol. The molecule has 0 saturated carbocycles. The van der Waals surface area contributed by atoms with Crippen LogP contribution in [0.3, 0.4) is 0 Å². The first-order chi connectivity index (χ1) is 8.72. The largest absolute Gasteiger partial charge is 0.309 e. The lowest BCUT2D eigenvalue weighted by Crippen LogP contribution is -2.01. The van der Waals surface area contributed by atoms with E-state index in [0.717, 1.165) is 10.7 Å². The van der Waals surface area contributed by atoms with E-state index >= 15 is 0 Å². The molecule has 0 atom stereocenters. The van der Waals surface area contributed by atoms with E-state index in [1.165, 1.54) is 11.8 Å². The van der Waals surface area contributed by atoms with Crippen LogP contribution in [0.5, 0.6) is 0 Å². The Morgan fingerprint density at radius 3 is 2.83 bits per heavy atom. The standard InChI is InChI=1S/C13H14N2O2S/c1-10(16)9-18-13-7-4-8-15(13)12-6-3-2-5-11(12)14-17/h2-8,14,17H,9H2,1H3. The van der Waals surface area contributed by atoms with Crippen molar-refractivity contribution < 1.29 is 10.0 Å². The number of thioether (sulfide) groups is 1. The summed E-state index contributed by atoms with van der Waals surface area (Å²) in [4.78, 5) is 11.0. The summed E-state index contributed by atoms with van der Waals surface area (Å²) >= 11 is 1.48. The summed E-state index contributed by atoms with van der Waals surface area (Å²) in [5.41, 5.74) is 3.65. The third-order valence-corrected chi connectivity index (χ3v) is 3.60. The number of nitrogens with one attached hydrogen (secondary N) is 1. The highest BCUT2D eigenvalue weighted by Crippen LogP contribution is 2.27. The fourth-order valence-corrected chi connectivity index (χ4v) is 2.46. The fourth-order valence-electron chi connectivity index (χ4n) is 1.64. The Balaban J connectivity index is 2.33. The van der Waals surface area contributed by atoms with Crippen LogP contribution in [-0.4, -0.2) is 21.3 Å². The van der Waals surface area contributed by atoms with Crippen molar-refractivity contribution in [3.8, 4) is 5.69 Å². The second-order valence-electron chi connectivity index (χ2n) is 3.84. The van der Waals surface area contributed by atoms with Crippen molar-refractivity contribution in [1.82, 2.24) is 4.57 Å². The highest BCUT2D eigenvalue weighted by atomic mass is 32.2. The second-order valence-corrected chi connectivity index (χ2v) is 4.83. The molecule has 2 N–H and O–H groups in total. The molecule has 1 heterocycles. The summed E-state index contributed by atoms with van der Waals surface area (Å²) in [6, 6.07) is 11.3. The number of nitrogens with zero attached hydrogens (tertiary/aromatic N) is 1. The molecule has 4 nitrogen and oxygen atoms in total. The van der Waals surface area contributed by atoms with Crippen molar-refractivity contribution in [2.45, 2.75) is 11.9 Å². The molecule has 5 heteroatoms. The van der Waals surface area contributed by atoms with Crippen molar-refractivity contribution in [3.05, 3.63) is 42.6 Å². The van der Waals surface area contributed by atoms with Gasteiger partial charge < -0.3 is 4.57 Å². The molecule has 0 aliphatic rings. The van der Waals surface area contributed by atoms with Crippen molar-refractivity contribution >= 4 is 23.2 Å². The van der Waals surface area contributed by atoms with Crippen LogP contribution < -0.4 is 5.48 Å². The molecule has 0 spiro atoms. The topological polar surface area (TPSA) is 54.3 Å². The Hall–Kier alpha value is -1.72. The zero-order valence-electron chi connectivity index (χ0n) is 9.96. The Labute approximate surface area is 110 Å². The first-order valence-electron chi connectivity index (χ1n) is 5.51. The van der Waals surface area contributed by atoms with Crippen LogP contribution in [0, 0.1) is 0 Å². The Morgan fingerprint density at radius 2 is 2.11 bits per heavy atom. The number of Topliss-reactive ketones (excluding diaryl/α,β-unsaturated/α-hetero) is 1. The van der Waals surface area contributed by atoms with Gasteiger partial charge in [0.1, 0.15) is 5.78 Å². The molecule has 0 aliphatic carbocycles. The molecule has 0 bridgehead atoms. The van der Waals surface area contributed by atoms with Gasteiger partial charge in [-0.1, -0.05) is 12.1 Å². The summed E-state index contributed by atoms with van der Waals surface area (Å²) in [5, 5.41) is 10.1. The summed E-state index contributed by atoms with van der Waals surface area (Å²) in [5.74, 6) is 0.583. The number of benzene rings is 1. The molecule has 0 saturated heterocycles. The highest BCUT2D eigenvalue weighted by molar-refractivity contribution is 7.99. The number of carbonyl (C=O) groups excluding carboxylic acids is 1. The van der Waals surface area contributed by atoms with Gasteiger partial charge in [-0.25, -0.2) is 0 Å². The van der Waals surface area contributed by atoms with E-state index in [9.17, 15) is 4.79 Å². The zero-order valence-corrected chi connectivity index (χ0v) is 10.8. The minimum atomic E-state index is 0.140. The third-order valence-electron chi connectivity index (χ3n) is 2.42. The lowest BCUT2D eigenvalue weighted by molar-refractivity contribution is -0.114. The van der Waals surface area contributed by atoms with Gasteiger partial charge in [0.2, 0.25) is 0 Å². The molecule has 0 fully saturated rings. The molecule has 94 valence electrons. The van der Waals surface area contributed by atoms with Gasteiger partial charge in [-0.3, -0.25) is 15.5 Å². The van der Waals surface area contributed by atoms with Gasteiger partial charge in [0.05, 0.1) is 22.2 Å². The Morgan fingerprint density at radius 1 is 1.33 bits per heavy atom. The normalized spacial score (nSPS) is 10.3. The number of ketones is 1. The molecule has 0 radical (unpaired) electrons. The van der Waals surface area contributed by atoms with E-state index in [-0.39, 0.29) is 5.78 Å². The molecule has 1 aromatic carbocycles. The maximum Gasteiger partial charge on any atom is 0.140 e. The summed E-state index contributed by atoms with van der Waals surface area (Å²) in [7, 11) is 0. The Kier molecular flexibility index (Phi) is 4.07. The molecule has 2 aromatic rings. The lowest BCUT2D eigenvalue weighted by Gasteiger charge is -2.12. The number of rotatable bonds is 5. The van der Waals surface area contributed by atoms with Crippen LogP contribution in [0.15, 0.2) is 47.6 Å². The number of aromatic nitrogens is 1. The van der Waals surface area contributed by atoms with Crippen LogP contribution in [0.1, 0.15) is 6.92 Å². The molecular formula is C13H14N2O2S. The summed E-state index contributed by atoms with van der Waals surface area (Å²) < 4.78 is 1.94. The highest BCUT2D eigenvalue weighted by Gasteiger charge is 2.08. The van der Waals surface area contributed by atoms with Gasteiger partial charge in [0.25, 0.3) is 0 Å². The average Bonchev–Trinajstić information content (AvgIpc) is 2.84. The van der Waals surface area contributed by atoms with Gasteiger partial charge in [0, 0.05) is 6.20 Å². The minimum absolute atomic E-state index is 0.140. The number of carbonyl (C=O) groups is 1. The molecule has 0 aliphatic heterocycles. The Bertz CT molecular complexity index is 551. The van der Waals surface area contributed by atoms with E-state index in [4.69, 9.17) is 5.21 Å². The number of hydrogen-bond donors (Lipinski definition) is 2. The van der Waals surface area contributed by atoms with Crippen LogP contribution >= 0.6 is 11.8 Å².